The number of phenols is 1. The molecule has 2 heterocycles. The molecular formula is C27H21NO6. The summed E-state index contributed by atoms with van der Waals surface area (Å²) < 4.78 is 11.1. The minimum atomic E-state index is -0.969. The molecule has 4 aromatic rings. The number of benzene rings is 3. The van der Waals surface area contributed by atoms with Crippen molar-refractivity contribution in [1.82, 2.24) is 0 Å². The Hall–Kier alpha value is -4.52. The molecule has 1 aromatic heterocycles. The number of nitrogens with zero attached hydrogens (tertiary/aromatic N) is 1. The maximum Gasteiger partial charge on any atom is 0.294 e. The maximum absolute atomic E-state index is 13.7. The number of aliphatic hydroxyl groups is 1. The molecule has 0 saturated carbocycles. The number of anilines is 1. The van der Waals surface area contributed by atoms with Gasteiger partial charge in [0.15, 0.2) is 22.9 Å². The second-order valence-corrected chi connectivity index (χ2v) is 8.09. The number of fused-ring (bicyclic) bond motifs is 1. The Balaban J connectivity index is 1.68. The average Bonchev–Trinajstić information content (AvgIpc) is 3.38. The molecule has 1 amide bonds. The number of aryl methyl sites for hydroxylation is 1. The van der Waals surface area contributed by atoms with Crippen molar-refractivity contribution in [2.24, 2.45) is 0 Å². The summed E-state index contributed by atoms with van der Waals surface area (Å²) in [5, 5.41) is 21.7. The van der Waals surface area contributed by atoms with Crippen molar-refractivity contribution < 1.29 is 29.0 Å². The molecule has 5 rings (SSSR count). The molecule has 3 aromatic carbocycles. The van der Waals surface area contributed by atoms with Crippen molar-refractivity contribution in [2.75, 3.05) is 12.0 Å². The number of aromatic hydroxyl groups is 1. The molecule has 34 heavy (non-hydrogen) atoms. The van der Waals surface area contributed by atoms with Gasteiger partial charge in [-0.1, -0.05) is 36.4 Å². The highest BCUT2D eigenvalue weighted by Crippen LogP contribution is 2.43. The first kappa shape index (κ1) is 21.3. The van der Waals surface area contributed by atoms with E-state index in [1.54, 1.807) is 54.6 Å². The highest BCUT2D eigenvalue weighted by molar-refractivity contribution is 6.20. The average molecular weight is 455 g/mol. The molecule has 0 spiro atoms. The molecular weight excluding hydrogens is 434 g/mol. The lowest BCUT2D eigenvalue weighted by Gasteiger charge is -2.27. The number of carbonyl (C=O) groups is 2. The van der Waals surface area contributed by atoms with E-state index in [1.165, 1.54) is 24.1 Å². The lowest BCUT2D eigenvalue weighted by atomic mass is 9.94. The third kappa shape index (κ3) is 3.38. The number of ether oxygens (including phenoxy) is 1. The molecule has 1 aliphatic rings. The smallest absolute Gasteiger partial charge is 0.294 e. The summed E-state index contributed by atoms with van der Waals surface area (Å²) in [7, 11) is 1.50. The Morgan fingerprint density at radius 2 is 1.76 bits per heavy atom. The van der Waals surface area contributed by atoms with Crippen LogP contribution in [-0.2, 0) is 4.79 Å². The third-order valence-electron chi connectivity index (χ3n) is 5.87. The van der Waals surface area contributed by atoms with Crippen molar-refractivity contribution in [3.63, 3.8) is 0 Å². The molecule has 1 atom stereocenters. The van der Waals surface area contributed by atoms with Crippen molar-refractivity contribution in [2.45, 2.75) is 13.0 Å². The van der Waals surface area contributed by atoms with Crippen molar-refractivity contribution in [1.29, 1.82) is 0 Å². The van der Waals surface area contributed by atoms with Crippen LogP contribution < -0.4 is 9.64 Å². The summed E-state index contributed by atoms with van der Waals surface area (Å²) in [5.41, 5.74) is 2.15. The summed E-state index contributed by atoms with van der Waals surface area (Å²) in [6.07, 6.45) is 0. The standard InChI is InChI=1S/C27H21NO6/c1-15-6-3-9-18(12-15)28-23(16-7-4-10-19(29)13-16)22(25(31)27(28)32)24(30)21-14-17-8-5-11-20(33-2)26(17)34-21/h3-14,23,29,31H,1-2H3. The van der Waals surface area contributed by atoms with Gasteiger partial charge >= 0.3 is 0 Å². The third-order valence-corrected chi connectivity index (χ3v) is 5.87. The van der Waals surface area contributed by atoms with E-state index in [9.17, 15) is 19.8 Å². The highest BCUT2D eigenvalue weighted by atomic mass is 16.5. The van der Waals surface area contributed by atoms with Gasteiger partial charge in [0.2, 0.25) is 5.78 Å². The van der Waals surface area contributed by atoms with E-state index < -0.39 is 23.5 Å². The van der Waals surface area contributed by atoms with Crippen LogP contribution in [-0.4, -0.2) is 29.0 Å². The molecule has 0 aliphatic carbocycles. The minimum absolute atomic E-state index is 0.0270. The van der Waals surface area contributed by atoms with Crippen LogP contribution in [0.4, 0.5) is 5.69 Å². The van der Waals surface area contributed by atoms with E-state index in [4.69, 9.17) is 9.15 Å². The van der Waals surface area contributed by atoms with Crippen LogP contribution >= 0.6 is 0 Å². The number of ketones is 1. The number of carbonyl (C=O) groups excluding carboxylic acids is 2. The molecule has 1 aliphatic heterocycles. The van der Waals surface area contributed by atoms with E-state index in [1.807, 2.05) is 13.0 Å². The van der Waals surface area contributed by atoms with Crippen LogP contribution in [0.5, 0.6) is 11.5 Å². The lowest BCUT2D eigenvalue weighted by molar-refractivity contribution is -0.117. The van der Waals surface area contributed by atoms with E-state index in [-0.39, 0.29) is 17.1 Å². The number of methoxy groups -OCH3 is 1. The Morgan fingerprint density at radius 3 is 2.50 bits per heavy atom. The van der Waals surface area contributed by atoms with Crippen LogP contribution in [0.25, 0.3) is 11.0 Å². The van der Waals surface area contributed by atoms with E-state index >= 15 is 0 Å². The van der Waals surface area contributed by atoms with Gasteiger partial charge in [0.1, 0.15) is 5.75 Å². The summed E-state index contributed by atoms with van der Waals surface area (Å²) >= 11 is 0. The Labute approximate surface area is 195 Å². The first-order valence-electron chi connectivity index (χ1n) is 10.6. The lowest BCUT2D eigenvalue weighted by Crippen LogP contribution is -2.31. The fourth-order valence-electron chi connectivity index (χ4n) is 4.33. The zero-order valence-corrected chi connectivity index (χ0v) is 18.5. The monoisotopic (exact) mass is 455 g/mol. The van der Waals surface area contributed by atoms with Crippen molar-refractivity contribution in [3.05, 3.63) is 101 Å². The Kier molecular flexibility index (Phi) is 5.09. The van der Waals surface area contributed by atoms with Crippen LogP contribution in [0.15, 0.2) is 88.5 Å². The molecule has 2 N–H and O–H groups in total. The highest BCUT2D eigenvalue weighted by Gasteiger charge is 2.45. The predicted octanol–water partition coefficient (Wildman–Crippen LogP) is 5.24. The second kappa shape index (κ2) is 8.12. The normalized spacial score (nSPS) is 15.9. The molecule has 0 saturated heterocycles. The van der Waals surface area contributed by atoms with Gasteiger partial charge in [0.25, 0.3) is 5.91 Å². The number of rotatable bonds is 5. The summed E-state index contributed by atoms with van der Waals surface area (Å²) in [4.78, 5) is 28.3. The van der Waals surface area contributed by atoms with E-state index in [0.717, 1.165) is 5.56 Å². The van der Waals surface area contributed by atoms with Crippen LogP contribution in [0.3, 0.4) is 0 Å². The van der Waals surface area contributed by atoms with Gasteiger partial charge in [-0.15, -0.1) is 0 Å². The molecule has 7 heteroatoms. The molecule has 170 valence electrons. The Morgan fingerprint density at radius 1 is 1.00 bits per heavy atom. The zero-order chi connectivity index (χ0) is 24.0. The van der Waals surface area contributed by atoms with Crippen LogP contribution in [0, 0.1) is 6.92 Å². The van der Waals surface area contributed by atoms with Gasteiger partial charge in [-0.05, 0) is 54.4 Å². The maximum atomic E-state index is 13.7. The largest absolute Gasteiger partial charge is 0.508 e. The Bertz CT molecular complexity index is 1480. The fraction of sp³-hybridized carbons (Fsp3) is 0.111. The predicted molar refractivity (Wildman–Crippen MR) is 126 cm³/mol. The first-order valence-corrected chi connectivity index (χ1v) is 10.6. The number of Topliss-reactive ketones (excluding diaryl/α,β-unsaturated/α-hetero) is 1. The molecule has 0 radical (unpaired) electrons. The second-order valence-electron chi connectivity index (χ2n) is 8.09. The number of para-hydroxylation sites is 1. The molecule has 0 bridgehead atoms. The van der Waals surface area contributed by atoms with Gasteiger partial charge in [-0.3, -0.25) is 14.5 Å². The topological polar surface area (TPSA) is 100 Å². The minimum Gasteiger partial charge on any atom is -0.508 e. The van der Waals surface area contributed by atoms with Gasteiger partial charge < -0.3 is 19.4 Å². The SMILES string of the molecule is COc1cccc2cc(C(=O)C3=C(O)C(=O)N(c4cccc(C)c4)C3c3cccc(O)c3)oc12. The van der Waals surface area contributed by atoms with Gasteiger partial charge in [-0.25, -0.2) is 0 Å². The molecule has 0 fully saturated rings. The van der Waals surface area contributed by atoms with Crippen LogP contribution in [0.1, 0.15) is 27.7 Å². The van der Waals surface area contributed by atoms with Crippen LogP contribution in [0.2, 0.25) is 0 Å². The van der Waals surface area contributed by atoms with Crippen molar-refractivity contribution >= 4 is 28.3 Å². The summed E-state index contributed by atoms with van der Waals surface area (Å²) in [5.74, 6) is -1.61. The fourth-order valence-corrected chi connectivity index (χ4v) is 4.33. The molecule has 1 unspecified atom stereocenters. The quantitative estimate of drug-likeness (QED) is 0.399. The number of phenolic OH excluding ortho intramolecular Hbond substituents is 1. The van der Waals surface area contributed by atoms with Crippen molar-refractivity contribution in [3.8, 4) is 11.5 Å². The summed E-state index contributed by atoms with van der Waals surface area (Å²) in [6, 6.07) is 19.3. The number of aliphatic hydroxyl groups excluding tert-OH is 1. The number of hydrogen-bond acceptors (Lipinski definition) is 6. The number of furan rings is 1. The number of amides is 1. The van der Waals surface area contributed by atoms with Gasteiger partial charge in [0.05, 0.1) is 18.7 Å². The van der Waals surface area contributed by atoms with E-state index in [0.29, 0.717) is 28.0 Å². The van der Waals surface area contributed by atoms with Gasteiger partial charge in [-0.2, -0.15) is 0 Å². The molecule has 7 nitrogen and oxygen atoms in total. The first-order chi connectivity index (χ1) is 16.4. The van der Waals surface area contributed by atoms with E-state index in [2.05, 4.69) is 0 Å². The number of hydrogen-bond donors (Lipinski definition) is 2. The zero-order valence-electron chi connectivity index (χ0n) is 18.5. The summed E-state index contributed by atoms with van der Waals surface area (Å²) in [6.45, 7) is 1.88. The van der Waals surface area contributed by atoms with Gasteiger partial charge in [0, 0.05) is 11.1 Å².